The van der Waals surface area contributed by atoms with Crippen LogP contribution in [-0.2, 0) is 16.1 Å². The van der Waals surface area contributed by atoms with Crippen molar-refractivity contribution in [1.82, 2.24) is 4.98 Å². The molecule has 0 aliphatic rings. The number of anilines is 1. The molecular weight excluding hydrogens is 532 g/mol. The highest BCUT2D eigenvalue weighted by molar-refractivity contribution is 6.07. The molecule has 0 aliphatic carbocycles. The molecule has 0 bridgehead atoms. The number of hydrogen-bond acceptors (Lipinski definition) is 7. The maximum Gasteiger partial charge on any atom is 0.339 e. The molecular formula is C34H30N2O6. The van der Waals surface area contributed by atoms with Crippen LogP contribution in [0.4, 0.5) is 5.69 Å². The van der Waals surface area contributed by atoms with Crippen LogP contribution in [-0.4, -0.2) is 37.7 Å². The Kier molecular flexibility index (Phi) is 8.63. The van der Waals surface area contributed by atoms with Crippen LogP contribution in [0.2, 0.25) is 0 Å². The summed E-state index contributed by atoms with van der Waals surface area (Å²) in [6.45, 7) is 1.80. The first-order valence-electron chi connectivity index (χ1n) is 13.3. The van der Waals surface area contributed by atoms with Crippen molar-refractivity contribution in [1.29, 1.82) is 0 Å². The van der Waals surface area contributed by atoms with E-state index < -0.39 is 18.5 Å². The number of methoxy groups -OCH3 is 2. The maximum atomic E-state index is 13.4. The van der Waals surface area contributed by atoms with Crippen molar-refractivity contribution in [2.45, 2.75) is 13.5 Å². The van der Waals surface area contributed by atoms with E-state index in [0.29, 0.717) is 51.5 Å². The Bertz CT molecular complexity index is 1720. The molecule has 0 saturated heterocycles. The quantitative estimate of drug-likeness (QED) is 0.192. The van der Waals surface area contributed by atoms with Crippen LogP contribution in [0.5, 0.6) is 17.2 Å². The van der Waals surface area contributed by atoms with Crippen molar-refractivity contribution in [2.75, 3.05) is 26.1 Å². The molecule has 0 radical (unpaired) electrons. The summed E-state index contributed by atoms with van der Waals surface area (Å²) >= 11 is 0. The van der Waals surface area contributed by atoms with Crippen molar-refractivity contribution in [3.8, 4) is 28.5 Å². The smallest absolute Gasteiger partial charge is 0.339 e. The average Bonchev–Trinajstić information content (AvgIpc) is 3.03. The lowest BCUT2D eigenvalue weighted by Crippen LogP contribution is -2.22. The number of esters is 1. The second-order valence-corrected chi connectivity index (χ2v) is 9.47. The molecule has 4 aromatic carbocycles. The molecule has 1 heterocycles. The van der Waals surface area contributed by atoms with E-state index >= 15 is 0 Å². The molecule has 0 spiro atoms. The summed E-state index contributed by atoms with van der Waals surface area (Å²) in [7, 11) is 3.02. The fourth-order valence-electron chi connectivity index (χ4n) is 4.60. The molecule has 8 nitrogen and oxygen atoms in total. The van der Waals surface area contributed by atoms with Gasteiger partial charge in [-0.3, -0.25) is 4.79 Å². The zero-order chi connectivity index (χ0) is 29.5. The number of aromatic nitrogens is 1. The van der Waals surface area contributed by atoms with Crippen LogP contribution >= 0.6 is 0 Å². The number of ether oxygens (including phenoxy) is 4. The van der Waals surface area contributed by atoms with Crippen molar-refractivity contribution < 1.29 is 28.5 Å². The monoisotopic (exact) mass is 562 g/mol. The first kappa shape index (κ1) is 28.2. The first-order chi connectivity index (χ1) is 20.5. The Morgan fingerprint density at radius 2 is 1.52 bits per heavy atom. The molecule has 1 aromatic heterocycles. The highest BCUT2D eigenvalue weighted by atomic mass is 16.5. The Morgan fingerprint density at radius 3 is 2.26 bits per heavy atom. The van der Waals surface area contributed by atoms with E-state index in [1.807, 2.05) is 85.8 Å². The van der Waals surface area contributed by atoms with Crippen LogP contribution < -0.4 is 19.5 Å². The molecule has 1 N–H and O–H groups in total. The second kappa shape index (κ2) is 12.9. The second-order valence-electron chi connectivity index (χ2n) is 9.47. The van der Waals surface area contributed by atoms with Crippen molar-refractivity contribution in [2.24, 2.45) is 0 Å². The normalized spacial score (nSPS) is 10.6. The third-order valence-electron chi connectivity index (χ3n) is 6.73. The number of para-hydroxylation sites is 1. The highest BCUT2D eigenvalue weighted by Crippen LogP contribution is 2.32. The van der Waals surface area contributed by atoms with Gasteiger partial charge < -0.3 is 24.3 Å². The SMILES string of the molecule is COc1ccc(OC)c(NC(=O)COC(=O)c2c(C)c(-c3ccc(OCc4ccccc4)cc3)nc3ccccc23)c1. The van der Waals surface area contributed by atoms with E-state index in [9.17, 15) is 9.59 Å². The molecule has 8 heteroatoms. The van der Waals surface area contributed by atoms with Gasteiger partial charge in [0.2, 0.25) is 0 Å². The van der Waals surface area contributed by atoms with Crippen molar-refractivity contribution >= 4 is 28.5 Å². The topological polar surface area (TPSA) is 96.0 Å². The summed E-state index contributed by atoms with van der Waals surface area (Å²) < 4.78 is 22.0. The predicted octanol–water partition coefficient (Wildman–Crippen LogP) is 6.60. The molecule has 212 valence electrons. The number of fused-ring (bicyclic) bond motifs is 1. The lowest BCUT2D eigenvalue weighted by molar-refractivity contribution is -0.119. The van der Waals surface area contributed by atoms with E-state index in [1.54, 1.807) is 18.2 Å². The lowest BCUT2D eigenvalue weighted by atomic mass is 9.97. The van der Waals surface area contributed by atoms with Crippen molar-refractivity contribution in [3.63, 3.8) is 0 Å². The minimum Gasteiger partial charge on any atom is -0.497 e. The fraction of sp³-hybridized carbons (Fsp3) is 0.147. The van der Waals surface area contributed by atoms with Crippen LogP contribution in [0.25, 0.3) is 22.2 Å². The summed E-state index contributed by atoms with van der Waals surface area (Å²) in [6, 6.07) is 29.9. The Labute approximate surface area is 243 Å². The van der Waals surface area contributed by atoms with E-state index in [4.69, 9.17) is 23.9 Å². The van der Waals surface area contributed by atoms with Crippen LogP contribution in [0.3, 0.4) is 0 Å². The largest absolute Gasteiger partial charge is 0.497 e. The summed E-state index contributed by atoms with van der Waals surface area (Å²) in [5, 5.41) is 3.35. The zero-order valence-electron chi connectivity index (χ0n) is 23.5. The number of rotatable bonds is 10. The lowest BCUT2D eigenvalue weighted by Gasteiger charge is -2.15. The zero-order valence-corrected chi connectivity index (χ0v) is 23.5. The number of pyridine rings is 1. The van der Waals surface area contributed by atoms with Gasteiger partial charge in [-0.2, -0.15) is 0 Å². The molecule has 0 fully saturated rings. The van der Waals surface area contributed by atoms with Gasteiger partial charge in [-0.1, -0.05) is 48.5 Å². The molecule has 42 heavy (non-hydrogen) atoms. The molecule has 5 rings (SSSR count). The molecule has 5 aromatic rings. The first-order valence-corrected chi connectivity index (χ1v) is 13.3. The molecule has 0 atom stereocenters. The highest BCUT2D eigenvalue weighted by Gasteiger charge is 2.21. The Morgan fingerprint density at radius 1 is 0.810 bits per heavy atom. The number of hydrogen-bond donors (Lipinski definition) is 1. The number of nitrogens with zero attached hydrogens (tertiary/aromatic N) is 1. The number of amides is 1. The predicted molar refractivity (Wildman–Crippen MR) is 161 cm³/mol. The number of benzene rings is 4. The molecule has 1 amide bonds. The summed E-state index contributed by atoms with van der Waals surface area (Å²) in [6.07, 6.45) is 0. The van der Waals surface area contributed by atoms with Gasteiger partial charge in [0.1, 0.15) is 23.9 Å². The number of carbonyl (C=O) groups excluding carboxylic acids is 2. The van der Waals surface area contributed by atoms with Gasteiger partial charge in [-0.25, -0.2) is 9.78 Å². The maximum absolute atomic E-state index is 13.4. The minimum atomic E-state index is -0.622. The average molecular weight is 563 g/mol. The van der Waals surface area contributed by atoms with E-state index in [-0.39, 0.29) is 0 Å². The van der Waals surface area contributed by atoms with Crippen LogP contribution in [0.1, 0.15) is 21.5 Å². The summed E-state index contributed by atoms with van der Waals surface area (Å²) in [4.78, 5) is 31.0. The molecule has 0 saturated carbocycles. The fourth-order valence-corrected chi connectivity index (χ4v) is 4.60. The Balaban J connectivity index is 1.35. The van der Waals surface area contributed by atoms with Gasteiger partial charge in [0.05, 0.1) is 36.7 Å². The number of carbonyl (C=O) groups is 2. The summed E-state index contributed by atoms with van der Waals surface area (Å²) in [5.41, 5.74) is 4.58. The van der Waals surface area contributed by atoms with Gasteiger partial charge in [-0.05, 0) is 60.5 Å². The van der Waals surface area contributed by atoms with Crippen molar-refractivity contribution in [3.05, 3.63) is 114 Å². The van der Waals surface area contributed by atoms with E-state index in [2.05, 4.69) is 5.32 Å². The molecule has 0 aliphatic heterocycles. The third kappa shape index (κ3) is 6.33. The van der Waals surface area contributed by atoms with E-state index in [1.165, 1.54) is 14.2 Å². The van der Waals surface area contributed by atoms with Gasteiger partial charge in [0.15, 0.2) is 6.61 Å². The van der Waals surface area contributed by atoms with Gasteiger partial charge in [0, 0.05) is 17.0 Å². The third-order valence-corrected chi connectivity index (χ3v) is 6.73. The van der Waals surface area contributed by atoms with E-state index in [0.717, 1.165) is 16.9 Å². The number of nitrogens with one attached hydrogen (secondary N) is 1. The summed E-state index contributed by atoms with van der Waals surface area (Å²) in [5.74, 6) is 0.581. The van der Waals surface area contributed by atoms with Crippen LogP contribution in [0.15, 0.2) is 97.1 Å². The van der Waals surface area contributed by atoms with Gasteiger partial charge in [-0.15, -0.1) is 0 Å². The van der Waals surface area contributed by atoms with Crippen LogP contribution in [0, 0.1) is 6.92 Å². The standard InChI is InChI=1S/C34H30N2O6/c1-22-32(34(38)42-21-31(37)35-29-19-26(39-2)17-18-30(29)40-3)27-11-7-8-12-28(27)36-33(22)24-13-15-25(16-14-24)41-20-23-9-5-4-6-10-23/h4-19H,20-21H2,1-3H3,(H,35,37). The minimum absolute atomic E-state index is 0.353. The molecule has 0 unspecified atom stereocenters. The Hall–Kier alpha value is -5.37. The van der Waals surface area contributed by atoms with Gasteiger partial charge >= 0.3 is 5.97 Å². The van der Waals surface area contributed by atoms with Gasteiger partial charge in [0.25, 0.3) is 5.91 Å².